The second-order valence-electron chi connectivity index (χ2n) is 3.43. The number of carboxylic acids is 1. The summed E-state index contributed by atoms with van der Waals surface area (Å²) >= 11 is 5.63. The van der Waals surface area contributed by atoms with Crippen molar-refractivity contribution in [2.75, 3.05) is 0 Å². The van der Waals surface area contributed by atoms with Gasteiger partial charge in [0.1, 0.15) is 5.56 Å². The molecule has 0 saturated carbocycles. The van der Waals surface area contributed by atoms with Crippen molar-refractivity contribution < 1.29 is 9.90 Å². The van der Waals surface area contributed by atoms with E-state index in [1.54, 1.807) is 24.3 Å². The lowest BCUT2D eigenvalue weighted by Gasteiger charge is -2.02. The molecule has 1 heterocycles. The van der Waals surface area contributed by atoms with Gasteiger partial charge >= 0.3 is 5.97 Å². The quantitative estimate of drug-likeness (QED) is 0.895. The second kappa shape index (κ2) is 4.82. The van der Waals surface area contributed by atoms with Crippen LogP contribution in [-0.2, 0) is 0 Å². The molecular formula is C12H6ClN3O2. The zero-order chi connectivity index (χ0) is 13.1. The molecule has 1 aromatic carbocycles. The van der Waals surface area contributed by atoms with Gasteiger partial charge in [0.15, 0.2) is 5.15 Å². The van der Waals surface area contributed by atoms with Gasteiger partial charge in [-0.1, -0.05) is 23.7 Å². The Morgan fingerprint density at radius 1 is 1.28 bits per heavy atom. The topological polar surface area (TPSA) is 86.9 Å². The summed E-state index contributed by atoms with van der Waals surface area (Å²) in [6.45, 7) is 0. The molecule has 6 heteroatoms. The molecule has 0 radical (unpaired) electrons. The normalized spacial score (nSPS) is 9.78. The molecule has 1 aromatic heterocycles. The molecule has 0 aliphatic rings. The summed E-state index contributed by atoms with van der Waals surface area (Å²) in [6.07, 6.45) is 0. The maximum atomic E-state index is 10.9. The van der Waals surface area contributed by atoms with Crippen LogP contribution in [0.25, 0.3) is 11.3 Å². The summed E-state index contributed by atoms with van der Waals surface area (Å²) in [5.41, 5.74) is 1.46. The molecule has 0 unspecified atom stereocenters. The highest BCUT2D eigenvalue weighted by molar-refractivity contribution is 6.32. The lowest BCUT2D eigenvalue weighted by atomic mass is 10.1. The molecule has 0 saturated heterocycles. The van der Waals surface area contributed by atoms with Crippen LogP contribution in [0.4, 0.5) is 0 Å². The summed E-state index contributed by atoms with van der Waals surface area (Å²) in [5.74, 6) is -1.16. The largest absolute Gasteiger partial charge is 0.478 e. The Hall–Kier alpha value is -2.45. The minimum absolute atomic E-state index is 0.106. The predicted molar refractivity (Wildman–Crippen MR) is 64.2 cm³/mol. The van der Waals surface area contributed by atoms with Gasteiger partial charge in [0.25, 0.3) is 0 Å². The first-order valence-electron chi connectivity index (χ1n) is 4.89. The van der Waals surface area contributed by atoms with Crippen molar-refractivity contribution in [1.82, 2.24) is 10.2 Å². The smallest absolute Gasteiger partial charge is 0.338 e. The lowest BCUT2D eigenvalue weighted by molar-refractivity contribution is 0.0696. The number of carbonyl (C=O) groups is 1. The third kappa shape index (κ3) is 2.29. The molecule has 0 atom stereocenters. The van der Waals surface area contributed by atoms with Crippen LogP contribution in [0.1, 0.15) is 15.9 Å². The average molecular weight is 260 g/mol. The van der Waals surface area contributed by atoms with Crippen LogP contribution < -0.4 is 0 Å². The molecule has 2 rings (SSSR count). The molecular weight excluding hydrogens is 254 g/mol. The number of halogens is 1. The van der Waals surface area contributed by atoms with Crippen LogP contribution >= 0.6 is 11.6 Å². The lowest BCUT2D eigenvalue weighted by Crippen LogP contribution is -2.01. The Balaban J connectivity index is 2.48. The van der Waals surface area contributed by atoms with Crippen molar-refractivity contribution in [2.24, 2.45) is 0 Å². The highest BCUT2D eigenvalue weighted by Crippen LogP contribution is 2.21. The third-order valence-corrected chi connectivity index (χ3v) is 2.57. The molecule has 18 heavy (non-hydrogen) atoms. The summed E-state index contributed by atoms with van der Waals surface area (Å²) < 4.78 is 0. The highest BCUT2D eigenvalue weighted by atomic mass is 35.5. The summed E-state index contributed by atoms with van der Waals surface area (Å²) in [6, 6.07) is 9.91. The van der Waals surface area contributed by atoms with Gasteiger partial charge in [0.2, 0.25) is 0 Å². The zero-order valence-corrected chi connectivity index (χ0v) is 9.72. The zero-order valence-electron chi connectivity index (χ0n) is 8.96. The average Bonchev–Trinajstić information content (AvgIpc) is 2.39. The minimum atomic E-state index is -1.16. The van der Waals surface area contributed by atoms with E-state index in [2.05, 4.69) is 10.2 Å². The minimum Gasteiger partial charge on any atom is -0.478 e. The predicted octanol–water partition coefficient (Wildman–Crippen LogP) is 2.37. The van der Waals surface area contributed by atoms with E-state index in [-0.39, 0.29) is 10.7 Å². The molecule has 0 amide bonds. The van der Waals surface area contributed by atoms with Crippen molar-refractivity contribution in [3.8, 4) is 17.3 Å². The number of hydrogen-bond donors (Lipinski definition) is 1. The molecule has 0 fully saturated rings. The molecule has 2 aromatic rings. The Morgan fingerprint density at radius 3 is 2.50 bits per heavy atom. The number of aromatic carboxylic acids is 1. The third-order valence-electron chi connectivity index (χ3n) is 2.29. The number of aromatic nitrogens is 2. The number of benzene rings is 1. The van der Waals surface area contributed by atoms with E-state index in [0.29, 0.717) is 16.8 Å². The number of nitrogens with zero attached hydrogens (tertiary/aromatic N) is 3. The van der Waals surface area contributed by atoms with Crippen molar-refractivity contribution >= 4 is 17.6 Å². The van der Waals surface area contributed by atoms with Gasteiger partial charge in [0.05, 0.1) is 17.3 Å². The van der Waals surface area contributed by atoms with Gasteiger partial charge in [-0.25, -0.2) is 4.79 Å². The molecule has 0 aliphatic carbocycles. The SMILES string of the molecule is N#Cc1ccc(-c2cc(C(=O)O)c(Cl)nn2)cc1. The van der Waals surface area contributed by atoms with Crippen molar-refractivity contribution in [2.45, 2.75) is 0 Å². The van der Waals surface area contributed by atoms with Crippen molar-refractivity contribution in [1.29, 1.82) is 5.26 Å². The van der Waals surface area contributed by atoms with Crippen LogP contribution in [0.5, 0.6) is 0 Å². The number of nitriles is 1. The first kappa shape index (κ1) is 12.0. The highest BCUT2D eigenvalue weighted by Gasteiger charge is 2.12. The Morgan fingerprint density at radius 2 is 1.94 bits per heavy atom. The van der Waals surface area contributed by atoms with E-state index in [0.717, 1.165) is 0 Å². The van der Waals surface area contributed by atoms with Crippen LogP contribution in [0.15, 0.2) is 30.3 Å². The van der Waals surface area contributed by atoms with E-state index in [4.69, 9.17) is 22.0 Å². The van der Waals surface area contributed by atoms with Gasteiger partial charge in [0, 0.05) is 5.56 Å². The van der Waals surface area contributed by atoms with Crippen LogP contribution in [0.3, 0.4) is 0 Å². The Bertz CT molecular complexity index is 647. The van der Waals surface area contributed by atoms with E-state index >= 15 is 0 Å². The van der Waals surface area contributed by atoms with E-state index in [9.17, 15) is 4.79 Å². The van der Waals surface area contributed by atoms with Gasteiger partial charge in [-0.3, -0.25) is 0 Å². The fourth-order valence-corrected chi connectivity index (χ4v) is 1.56. The van der Waals surface area contributed by atoms with Crippen molar-refractivity contribution in [3.63, 3.8) is 0 Å². The maximum Gasteiger partial charge on any atom is 0.338 e. The van der Waals surface area contributed by atoms with Crippen LogP contribution in [0.2, 0.25) is 5.15 Å². The van der Waals surface area contributed by atoms with Crippen molar-refractivity contribution in [3.05, 3.63) is 46.6 Å². The van der Waals surface area contributed by atoms with Crippen LogP contribution in [-0.4, -0.2) is 21.3 Å². The fourth-order valence-electron chi connectivity index (χ4n) is 1.38. The fraction of sp³-hybridized carbons (Fsp3) is 0. The van der Waals surface area contributed by atoms with E-state index in [1.807, 2.05) is 6.07 Å². The Kier molecular flexibility index (Phi) is 3.22. The van der Waals surface area contributed by atoms with Gasteiger partial charge in [-0.15, -0.1) is 10.2 Å². The molecule has 1 N–H and O–H groups in total. The maximum absolute atomic E-state index is 10.9. The second-order valence-corrected chi connectivity index (χ2v) is 3.79. The summed E-state index contributed by atoms with van der Waals surface area (Å²) in [4.78, 5) is 10.9. The van der Waals surface area contributed by atoms with E-state index in [1.165, 1.54) is 6.07 Å². The molecule has 88 valence electrons. The van der Waals surface area contributed by atoms with Gasteiger partial charge < -0.3 is 5.11 Å². The first-order chi connectivity index (χ1) is 8.61. The van der Waals surface area contributed by atoms with Crippen LogP contribution in [0, 0.1) is 11.3 Å². The summed E-state index contributed by atoms with van der Waals surface area (Å²) in [7, 11) is 0. The van der Waals surface area contributed by atoms with Gasteiger partial charge in [-0.2, -0.15) is 5.26 Å². The molecule has 5 nitrogen and oxygen atoms in total. The first-order valence-corrected chi connectivity index (χ1v) is 5.26. The molecule has 0 spiro atoms. The Labute approximate surface area is 107 Å². The summed E-state index contributed by atoms with van der Waals surface area (Å²) in [5, 5.41) is 24.9. The number of hydrogen-bond acceptors (Lipinski definition) is 4. The molecule has 0 bridgehead atoms. The monoisotopic (exact) mass is 259 g/mol. The van der Waals surface area contributed by atoms with Gasteiger partial charge in [-0.05, 0) is 18.2 Å². The molecule has 0 aliphatic heterocycles. The standard InChI is InChI=1S/C12H6ClN3O2/c13-11-9(12(17)18)5-10(15-16-11)8-3-1-7(6-14)2-4-8/h1-5H,(H,17,18). The van der Waals surface area contributed by atoms with E-state index < -0.39 is 5.97 Å². The number of carboxylic acid groups (broad SMARTS) is 1. The number of rotatable bonds is 2.